The molecule has 4 fully saturated rings. The van der Waals surface area contributed by atoms with Crippen molar-refractivity contribution in [2.24, 2.45) is 33.7 Å². The van der Waals surface area contributed by atoms with Crippen molar-refractivity contribution in [3.8, 4) is 0 Å². The van der Waals surface area contributed by atoms with Crippen LogP contribution in [-0.4, -0.2) is 54.6 Å². The molecule has 7 rings (SSSR count). The van der Waals surface area contributed by atoms with E-state index < -0.39 is 23.3 Å². The lowest BCUT2D eigenvalue weighted by Crippen LogP contribution is -2.50. The predicted molar refractivity (Wildman–Crippen MR) is 164 cm³/mol. The zero-order valence-electron chi connectivity index (χ0n) is 25.4. The largest absolute Gasteiger partial charge is 0.465 e. The number of carbonyl (C=O) groups excluding carboxylic acids is 4. The maximum Gasteiger partial charge on any atom is 0.345 e. The standard InChI is InChI=1S/C34H40N4O5/c1-33(2,3)28(39)19-37-27-11-6-5-10-26(27)30(34-16-21-12-22(17-34)14-23(13-21)18-34)36-38(32(37)42)20-29(40)35-25-9-7-8-24(15-25)31(41)43-4/h5-11,15,21-23H,12-14,16-20H2,1-4H3,(H,35,40). The Bertz CT molecular complexity index is 1470. The number of nitrogens with one attached hydrogen (secondary N) is 1. The summed E-state index contributed by atoms with van der Waals surface area (Å²) in [6, 6.07) is 13.7. The second-order valence-electron chi connectivity index (χ2n) is 13.9. The number of anilines is 2. The summed E-state index contributed by atoms with van der Waals surface area (Å²) in [5.41, 5.74) is 2.28. The lowest BCUT2D eigenvalue weighted by Gasteiger charge is -2.57. The van der Waals surface area contributed by atoms with E-state index in [9.17, 15) is 19.2 Å². The number of Topliss-reactive ketones (excluding diaryl/α,β-unsaturated/α-hetero) is 1. The molecule has 43 heavy (non-hydrogen) atoms. The number of fused-ring (bicyclic) bond motifs is 1. The number of hydrogen-bond donors (Lipinski definition) is 1. The molecule has 0 spiro atoms. The van der Waals surface area contributed by atoms with Gasteiger partial charge in [-0.1, -0.05) is 45.0 Å². The van der Waals surface area contributed by atoms with E-state index in [-0.39, 0.29) is 24.3 Å². The normalized spacial score (nSPS) is 26.0. The molecule has 0 radical (unpaired) electrons. The van der Waals surface area contributed by atoms with Crippen LogP contribution in [0.5, 0.6) is 0 Å². The Morgan fingerprint density at radius 2 is 1.60 bits per heavy atom. The molecule has 226 valence electrons. The van der Waals surface area contributed by atoms with Crippen LogP contribution in [0, 0.1) is 28.6 Å². The van der Waals surface area contributed by atoms with Crippen molar-refractivity contribution in [3.05, 3.63) is 59.7 Å². The fourth-order valence-electron chi connectivity index (χ4n) is 7.98. The molecule has 0 unspecified atom stereocenters. The van der Waals surface area contributed by atoms with Gasteiger partial charge >= 0.3 is 12.0 Å². The van der Waals surface area contributed by atoms with Gasteiger partial charge in [-0.25, -0.2) is 14.6 Å². The summed E-state index contributed by atoms with van der Waals surface area (Å²) in [5, 5.41) is 9.11. The van der Waals surface area contributed by atoms with Crippen LogP contribution >= 0.6 is 0 Å². The molecule has 0 saturated heterocycles. The fraction of sp³-hybridized carbons (Fsp3) is 0.500. The fourth-order valence-corrected chi connectivity index (χ4v) is 7.98. The van der Waals surface area contributed by atoms with E-state index in [1.165, 1.54) is 42.3 Å². The van der Waals surface area contributed by atoms with Crippen LogP contribution in [0.1, 0.15) is 75.2 Å². The van der Waals surface area contributed by atoms with E-state index in [4.69, 9.17) is 9.84 Å². The van der Waals surface area contributed by atoms with Crippen molar-refractivity contribution in [2.75, 3.05) is 30.4 Å². The minimum Gasteiger partial charge on any atom is -0.465 e. The highest BCUT2D eigenvalue weighted by Gasteiger charge is 2.54. The molecule has 1 N–H and O–H groups in total. The molecule has 1 aliphatic heterocycles. The van der Waals surface area contributed by atoms with Gasteiger partial charge in [-0.15, -0.1) is 0 Å². The number of hydrazone groups is 1. The minimum absolute atomic E-state index is 0.0852. The molecular weight excluding hydrogens is 544 g/mol. The van der Waals surface area contributed by atoms with Crippen molar-refractivity contribution in [1.29, 1.82) is 0 Å². The molecule has 9 nitrogen and oxygen atoms in total. The molecule has 0 atom stereocenters. The Morgan fingerprint density at radius 1 is 0.953 bits per heavy atom. The van der Waals surface area contributed by atoms with E-state index in [0.717, 1.165) is 30.5 Å². The van der Waals surface area contributed by atoms with Crippen molar-refractivity contribution in [2.45, 2.75) is 59.3 Å². The van der Waals surface area contributed by atoms with Gasteiger partial charge in [0.05, 0.1) is 30.6 Å². The maximum absolute atomic E-state index is 14.3. The van der Waals surface area contributed by atoms with Crippen molar-refractivity contribution >= 4 is 40.8 Å². The lowest BCUT2D eigenvalue weighted by atomic mass is 9.48. The number of methoxy groups -OCH3 is 1. The number of rotatable bonds is 7. The number of ether oxygens (including phenoxy) is 1. The lowest BCUT2D eigenvalue weighted by molar-refractivity contribution is -0.124. The smallest absolute Gasteiger partial charge is 0.345 e. The number of hydrogen-bond acceptors (Lipinski definition) is 6. The van der Waals surface area contributed by atoms with Crippen LogP contribution < -0.4 is 10.2 Å². The first-order valence-electron chi connectivity index (χ1n) is 15.2. The maximum atomic E-state index is 14.3. The van der Waals surface area contributed by atoms with E-state index in [1.807, 2.05) is 45.0 Å². The molecule has 3 amide bonds. The topological polar surface area (TPSA) is 108 Å². The Kier molecular flexibility index (Phi) is 7.39. The van der Waals surface area contributed by atoms with Crippen LogP contribution in [0.3, 0.4) is 0 Å². The van der Waals surface area contributed by atoms with E-state index in [2.05, 4.69) is 5.32 Å². The second-order valence-corrected chi connectivity index (χ2v) is 13.9. The number of carbonyl (C=O) groups is 4. The molecule has 0 aromatic heterocycles. The first-order valence-corrected chi connectivity index (χ1v) is 15.2. The molecule has 4 saturated carbocycles. The van der Waals surface area contributed by atoms with Gasteiger partial charge in [0.25, 0.3) is 0 Å². The highest BCUT2D eigenvalue weighted by Crippen LogP contribution is 2.61. The number of amides is 3. The molecule has 2 aromatic rings. The summed E-state index contributed by atoms with van der Waals surface area (Å²) in [5.74, 6) is 0.892. The van der Waals surface area contributed by atoms with Gasteiger partial charge in [-0.2, -0.15) is 5.10 Å². The van der Waals surface area contributed by atoms with Crippen molar-refractivity contribution < 1.29 is 23.9 Å². The third-order valence-electron chi connectivity index (χ3n) is 9.66. The Balaban J connectivity index is 1.38. The van der Waals surface area contributed by atoms with Gasteiger partial charge < -0.3 is 10.1 Å². The molecule has 5 aliphatic rings. The average molecular weight is 585 g/mol. The summed E-state index contributed by atoms with van der Waals surface area (Å²) >= 11 is 0. The first-order chi connectivity index (χ1) is 20.5. The minimum atomic E-state index is -0.655. The molecule has 1 heterocycles. The Labute approximate surface area is 252 Å². The van der Waals surface area contributed by atoms with Crippen LogP contribution in [0.2, 0.25) is 0 Å². The van der Waals surface area contributed by atoms with E-state index in [1.54, 1.807) is 18.2 Å². The number of ketones is 1. The predicted octanol–water partition coefficient (Wildman–Crippen LogP) is 5.89. The quantitative estimate of drug-likeness (QED) is 0.409. The number of esters is 1. The third kappa shape index (κ3) is 5.57. The Morgan fingerprint density at radius 3 is 2.23 bits per heavy atom. The van der Waals surface area contributed by atoms with Crippen molar-refractivity contribution in [3.63, 3.8) is 0 Å². The number of nitrogens with zero attached hydrogens (tertiary/aromatic N) is 3. The molecule has 2 aromatic carbocycles. The van der Waals surface area contributed by atoms with Gasteiger partial charge in [0.2, 0.25) is 5.91 Å². The highest BCUT2D eigenvalue weighted by molar-refractivity contribution is 6.15. The van der Waals surface area contributed by atoms with Crippen LogP contribution in [0.15, 0.2) is 53.6 Å². The molecule has 4 bridgehead atoms. The summed E-state index contributed by atoms with van der Waals surface area (Å²) in [4.78, 5) is 54.5. The first kappa shape index (κ1) is 29.1. The SMILES string of the molecule is COC(=O)c1cccc(NC(=O)CN2N=C(C34CC5CC(CC(C5)C3)C4)c3ccccc3N(CC(=O)C(C)(C)C)C2=O)c1. The number of benzene rings is 2. The monoisotopic (exact) mass is 584 g/mol. The van der Waals surface area contributed by atoms with E-state index in [0.29, 0.717) is 34.7 Å². The number of urea groups is 1. The average Bonchev–Trinajstić information content (AvgIpc) is 3.06. The van der Waals surface area contributed by atoms with Gasteiger partial charge in [0.1, 0.15) is 6.54 Å². The van der Waals surface area contributed by atoms with Crippen molar-refractivity contribution in [1.82, 2.24) is 5.01 Å². The van der Waals surface area contributed by atoms with Crippen LogP contribution in [-0.2, 0) is 14.3 Å². The number of para-hydroxylation sites is 1. The molecule has 4 aliphatic carbocycles. The van der Waals surface area contributed by atoms with Gasteiger partial charge in [0, 0.05) is 22.1 Å². The van der Waals surface area contributed by atoms with Gasteiger partial charge in [0.15, 0.2) is 5.78 Å². The third-order valence-corrected chi connectivity index (χ3v) is 9.66. The second kappa shape index (κ2) is 10.9. The summed E-state index contributed by atoms with van der Waals surface area (Å²) in [7, 11) is 1.30. The Hall–Kier alpha value is -4.01. The zero-order valence-corrected chi connectivity index (χ0v) is 25.4. The highest BCUT2D eigenvalue weighted by atomic mass is 16.5. The van der Waals surface area contributed by atoms with Gasteiger partial charge in [-0.05, 0) is 80.5 Å². The van der Waals surface area contributed by atoms with E-state index >= 15 is 0 Å². The summed E-state index contributed by atoms with van der Waals surface area (Å²) < 4.78 is 4.80. The zero-order chi connectivity index (χ0) is 30.5. The van der Waals surface area contributed by atoms with Crippen LogP contribution in [0.25, 0.3) is 0 Å². The summed E-state index contributed by atoms with van der Waals surface area (Å²) in [6.07, 6.45) is 6.87. The molecular formula is C34H40N4O5. The van der Waals surface area contributed by atoms with Crippen LogP contribution in [0.4, 0.5) is 16.2 Å². The summed E-state index contributed by atoms with van der Waals surface area (Å²) in [6.45, 7) is 5.06. The van der Waals surface area contributed by atoms with Gasteiger partial charge in [-0.3, -0.25) is 14.5 Å². The molecule has 9 heteroatoms.